The number of rotatable bonds is 2. The van der Waals surface area contributed by atoms with Crippen molar-refractivity contribution in [1.82, 2.24) is 14.5 Å². The number of para-hydroxylation sites is 1. The van der Waals surface area contributed by atoms with Gasteiger partial charge >= 0.3 is 0 Å². The summed E-state index contributed by atoms with van der Waals surface area (Å²) in [5.74, 6) is 0.835. The standard InChI is InChI=1S/C15H15N3O/c1-9-14(11-6-4-5-7-12(11)16-9)15-13(8-19)17-10(2)18(15)3/h4-8,16H,1-3H3. The highest BCUT2D eigenvalue weighted by atomic mass is 16.1. The lowest BCUT2D eigenvalue weighted by Gasteiger charge is -2.05. The van der Waals surface area contributed by atoms with E-state index in [4.69, 9.17) is 0 Å². The van der Waals surface area contributed by atoms with Crippen LogP contribution in [0.15, 0.2) is 24.3 Å². The Bertz CT molecular complexity index is 780. The SMILES string of the molecule is Cc1[nH]c2ccccc2c1-c1c(C=O)nc(C)n1C. The molecule has 1 aromatic carbocycles. The summed E-state index contributed by atoms with van der Waals surface area (Å²) in [6, 6.07) is 8.10. The molecule has 96 valence electrons. The van der Waals surface area contributed by atoms with Crippen molar-refractivity contribution in [1.29, 1.82) is 0 Å². The smallest absolute Gasteiger partial charge is 0.170 e. The van der Waals surface area contributed by atoms with E-state index >= 15 is 0 Å². The van der Waals surface area contributed by atoms with Crippen LogP contribution in [-0.2, 0) is 7.05 Å². The van der Waals surface area contributed by atoms with Crippen LogP contribution in [0.5, 0.6) is 0 Å². The van der Waals surface area contributed by atoms with Gasteiger partial charge in [-0.05, 0) is 19.9 Å². The van der Waals surface area contributed by atoms with Crippen molar-refractivity contribution in [2.24, 2.45) is 7.05 Å². The Morgan fingerprint density at radius 2 is 2.00 bits per heavy atom. The van der Waals surface area contributed by atoms with Crippen LogP contribution in [-0.4, -0.2) is 20.8 Å². The number of aromatic nitrogens is 3. The highest BCUT2D eigenvalue weighted by Crippen LogP contribution is 2.33. The molecular weight excluding hydrogens is 238 g/mol. The van der Waals surface area contributed by atoms with Gasteiger partial charge in [0.2, 0.25) is 0 Å². The molecule has 3 aromatic rings. The number of benzene rings is 1. The zero-order valence-corrected chi connectivity index (χ0v) is 11.2. The quantitative estimate of drug-likeness (QED) is 0.714. The number of hydrogen-bond acceptors (Lipinski definition) is 2. The number of aryl methyl sites for hydroxylation is 2. The van der Waals surface area contributed by atoms with Crippen LogP contribution in [0.4, 0.5) is 0 Å². The number of fused-ring (bicyclic) bond motifs is 1. The Hall–Kier alpha value is -2.36. The molecule has 0 radical (unpaired) electrons. The van der Waals surface area contributed by atoms with E-state index in [1.54, 1.807) is 0 Å². The first kappa shape index (κ1) is 11.7. The van der Waals surface area contributed by atoms with Crippen LogP contribution in [0.25, 0.3) is 22.2 Å². The van der Waals surface area contributed by atoms with Crippen molar-refractivity contribution in [3.05, 3.63) is 41.5 Å². The lowest BCUT2D eigenvalue weighted by Crippen LogP contribution is -1.96. The molecule has 0 unspecified atom stereocenters. The number of imidazole rings is 1. The number of hydrogen-bond donors (Lipinski definition) is 1. The molecular formula is C15H15N3O. The molecule has 0 spiro atoms. The number of nitrogens with one attached hydrogen (secondary N) is 1. The van der Waals surface area contributed by atoms with Crippen LogP contribution in [0, 0.1) is 13.8 Å². The molecule has 19 heavy (non-hydrogen) atoms. The predicted molar refractivity (Wildman–Crippen MR) is 75.4 cm³/mol. The summed E-state index contributed by atoms with van der Waals surface area (Å²) in [6.07, 6.45) is 0.823. The van der Waals surface area contributed by atoms with Crippen molar-refractivity contribution in [2.45, 2.75) is 13.8 Å². The average Bonchev–Trinajstić information content (AvgIpc) is 2.87. The molecule has 0 amide bonds. The molecule has 1 N–H and O–H groups in total. The van der Waals surface area contributed by atoms with Crippen LogP contribution >= 0.6 is 0 Å². The minimum atomic E-state index is 0.493. The predicted octanol–water partition coefficient (Wildman–Crippen LogP) is 3.00. The molecule has 0 saturated heterocycles. The largest absolute Gasteiger partial charge is 0.358 e. The van der Waals surface area contributed by atoms with Crippen LogP contribution in [0.2, 0.25) is 0 Å². The second kappa shape index (κ2) is 4.09. The Morgan fingerprint density at radius 1 is 1.26 bits per heavy atom. The first-order chi connectivity index (χ1) is 9.13. The highest BCUT2D eigenvalue weighted by Gasteiger charge is 2.19. The minimum absolute atomic E-state index is 0.493. The lowest BCUT2D eigenvalue weighted by molar-refractivity contribution is 0.112. The van der Waals surface area contributed by atoms with Crippen molar-refractivity contribution >= 4 is 17.2 Å². The molecule has 0 bridgehead atoms. The van der Waals surface area contributed by atoms with Gasteiger partial charge < -0.3 is 9.55 Å². The fourth-order valence-electron chi connectivity index (χ4n) is 2.60. The van der Waals surface area contributed by atoms with Crippen molar-refractivity contribution in [2.75, 3.05) is 0 Å². The average molecular weight is 253 g/mol. The third-order valence-corrected chi connectivity index (χ3v) is 3.59. The van der Waals surface area contributed by atoms with Gasteiger partial charge in [-0.2, -0.15) is 0 Å². The van der Waals surface area contributed by atoms with E-state index in [1.807, 2.05) is 43.7 Å². The molecule has 0 aliphatic rings. The zero-order chi connectivity index (χ0) is 13.6. The molecule has 3 rings (SSSR count). The van der Waals surface area contributed by atoms with Gasteiger partial charge in [-0.25, -0.2) is 4.98 Å². The molecule has 0 aliphatic heterocycles. The highest BCUT2D eigenvalue weighted by molar-refractivity contribution is 6.00. The Labute approximate surface area is 111 Å². The maximum absolute atomic E-state index is 11.2. The van der Waals surface area contributed by atoms with Gasteiger partial charge in [0, 0.05) is 29.2 Å². The number of carbonyl (C=O) groups excluding carboxylic acids is 1. The maximum Gasteiger partial charge on any atom is 0.170 e. The van der Waals surface area contributed by atoms with E-state index in [0.717, 1.165) is 40.0 Å². The van der Waals surface area contributed by atoms with Crippen molar-refractivity contribution < 1.29 is 4.79 Å². The molecule has 0 aliphatic carbocycles. The number of aromatic amines is 1. The lowest BCUT2D eigenvalue weighted by atomic mass is 10.1. The second-order valence-electron chi connectivity index (χ2n) is 4.74. The fourth-order valence-corrected chi connectivity index (χ4v) is 2.60. The summed E-state index contributed by atoms with van der Waals surface area (Å²) in [6.45, 7) is 3.92. The molecule has 0 saturated carbocycles. The summed E-state index contributed by atoms with van der Waals surface area (Å²) in [7, 11) is 1.94. The number of aldehydes is 1. The first-order valence-corrected chi connectivity index (χ1v) is 6.19. The maximum atomic E-state index is 11.2. The Balaban J connectivity index is 2.42. The number of H-pyrrole nitrogens is 1. The van der Waals surface area contributed by atoms with Gasteiger partial charge in [-0.3, -0.25) is 4.79 Å². The fraction of sp³-hybridized carbons (Fsp3) is 0.200. The van der Waals surface area contributed by atoms with Crippen LogP contribution in [0.3, 0.4) is 0 Å². The van der Waals surface area contributed by atoms with E-state index in [-0.39, 0.29) is 0 Å². The van der Waals surface area contributed by atoms with E-state index in [9.17, 15) is 4.79 Å². The van der Waals surface area contributed by atoms with Crippen molar-refractivity contribution in [3.8, 4) is 11.3 Å². The molecule has 4 heteroatoms. The monoisotopic (exact) mass is 253 g/mol. The van der Waals surface area contributed by atoms with E-state index in [0.29, 0.717) is 5.69 Å². The van der Waals surface area contributed by atoms with Gasteiger partial charge in [0.05, 0.1) is 5.69 Å². The molecule has 0 fully saturated rings. The van der Waals surface area contributed by atoms with Crippen molar-refractivity contribution in [3.63, 3.8) is 0 Å². The summed E-state index contributed by atoms with van der Waals surface area (Å²) in [4.78, 5) is 18.9. The first-order valence-electron chi connectivity index (χ1n) is 6.19. The van der Waals surface area contributed by atoms with E-state index in [2.05, 4.69) is 16.0 Å². The molecule has 2 heterocycles. The Morgan fingerprint density at radius 3 is 2.74 bits per heavy atom. The number of carbonyl (C=O) groups is 1. The van der Waals surface area contributed by atoms with Gasteiger partial charge in [-0.15, -0.1) is 0 Å². The molecule has 2 aromatic heterocycles. The minimum Gasteiger partial charge on any atom is -0.358 e. The van der Waals surface area contributed by atoms with Gasteiger partial charge in [0.1, 0.15) is 11.5 Å². The van der Waals surface area contributed by atoms with Gasteiger partial charge in [-0.1, -0.05) is 18.2 Å². The molecule has 0 atom stereocenters. The summed E-state index contributed by atoms with van der Waals surface area (Å²) in [5.41, 5.74) is 4.55. The van der Waals surface area contributed by atoms with Crippen LogP contribution in [0.1, 0.15) is 22.0 Å². The second-order valence-corrected chi connectivity index (χ2v) is 4.74. The van der Waals surface area contributed by atoms with Gasteiger partial charge in [0.25, 0.3) is 0 Å². The topological polar surface area (TPSA) is 50.7 Å². The Kier molecular flexibility index (Phi) is 2.52. The number of nitrogens with zero attached hydrogens (tertiary/aromatic N) is 2. The molecule has 4 nitrogen and oxygen atoms in total. The third-order valence-electron chi connectivity index (χ3n) is 3.59. The third kappa shape index (κ3) is 1.60. The van der Waals surface area contributed by atoms with Crippen LogP contribution < -0.4 is 0 Å². The summed E-state index contributed by atoms with van der Waals surface area (Å²) < 4.78 is 1.96. The van der Waals surface area contributed by atoms with E-state index in [1.165, 1.54) is 0 Å². The summed E-state index contributed by atoms with van der Waals surface area (Å²) in [5, 5.41) is 1.12. The van der Waals surface area contributed by atoms with Gasteiger partial charge in [0.15, 0.2) is 6.29 Å². The normalized spacial score (nSPS) is 11.1. The zero-order valence-electron chi connectivity index (χ0n) is 11.2. The summed E-state index contributed by atoms with van der Waals surface area (Å²) >= 11 is 0. The van der Waals surface area contributed by atoms with E-state index < -0.39 is 0 Å².